The molecule has 0 amide bonds. The van der Waals surface area contributed by atoms with E-state index in [4.69, 9.17) is 9.47 Å². The van der Waals surface area contributed by atoms with Crippen LogP contribution in [0.1, 0.15) is 42.1 Å². The summed E-state index contributed by atoms with van der Waals surface area (Å²) in [6.07, 6.45) is 2.04. The third kappa shape index (κ3) is 4.22. The first kappa shape index (κ1) is 17.3. The molecule has 0 saturated heterocycles. The van der Waals surface area contributed by atoms with Crippen LogP contribution in [0, 0.1) is 6.92 Å². The van der Waals surface area contributed by atoms with Crippen LogP contribution >= 0.6 is 11.3 Å². The van der Waals surface area contributed by atoms with Crippen molar-refractivity contribution in [3.05, 3.63) is 28.8 Å². The zero-order chi connectivity index (χ0) is 16.8. The molecule has 0 N–H and O–H groups in total. The Morgan fingerprint density at radius 3 is 2.65 bits per heavy atom. The number of carboxylic acid groups (broad SMARTS) is 1. The van der Waals surface area contributed by atoms with Gasteiger partial charge in [-0.05, 0) is 38.5 Å². The molecule has 0 aliphatic carbocycles. The Bertz CT molecular complexity index is 681. The SMILES string of the molecule is CCCCOc1ccc(-c2nc(C)c(C(=O)[O-])s2)cc1OCC. The average molecular weight is 334 g/mol. The fourth-order valence-electron chi connectivity index (χ4n) is 2.06. The van der Waals surface area contributed by atoms with Crippen molar-refractivity contribution in [3.63, 3.8) is 0 Å². The minimum Gasteiger partial charge on any atom is -0.544 e. The largest absolute Gasteiger partial charge is 0.544 e. The number of carbonyl (C=O) groups is 1. The predicted molar refractivity (Wildman–Crippen MR) is 88.2 cm³/mol. The Hall–Kier alpha value is -2.08. The van der Waals surface area contributed by atoms with Gasteiger partial charge in [0.1, 0.15) is 5.01 Å². The zero-order valence-electron chi connectivity index (χ0n) is 13.5. The molecule has 0 unspecified atom stereocenters. The summed E-state index contributed by atoms with van der Waals surface area (Å²) >= 11 is 1.11. The summed E-state index contributed by atoms with van der Waals surface area (Å²) in [7, 11) is 0. The molecule has 2 rings (SSSR count). The molecule has 23 heavy (non-hydrogen) atoms. The van der Waals surface area contributed by atoms with Crippen molar-refractivity contribution < 1.29 is 19.4 Å². The van der Waals surface area contributed by atoms with Crippen molar-refractivity contribution in [2.24, 2.45) is 0 Å². The lowest BCUT2D eigenvalue weighted by Crippen LogP contribution is -2.21. The van der Waals surface area contributed by atoms with Crippen molar-refractivity contribution in [3.8, 4) is 22.1 Å². The highest BCUT2D eigenvalue weighted by Crippen LogP contribution is 2.35. The molecule has 0 atom stereocenters. The molecular formula is C17H20NO4S-. The summed E-state index contributed by atoms with van der Waals surface area (Å²) in [5, 5.41) is 11.7. The van der Waals surface area contributed by atoms with Gasteiger partial charge >= 0.3 is 0 Å². The van der Waals surface area contributed by atoms with Gasteiger partial charge in [0, 0.05) is 5.56 Å². The second-order valence-corrected chi connectivity index (χ2v) is 6.02. The number of rotatable bonds is 8. The van der Waals surface area contributed by atoms with Crippen LogP contribution in [0.3, 0.4) is 0 Å². The Balaban J connectivity index is 2.31. The molecule has 0 aliphatic heterocycles. The van der Waals surface area contributed by atoms with Crippen molar-refractivity contribution in [1.82, 2.24) is 4.98 Å². The van der Waals surface area contributed by atoms with E-state index < -0.39 is 5.97 Å². The van der Waals surface area contributed by atoms with Gasteiger partial charge in [-0.3, -0.25) is 0 Å². The van der Waals surface area contributed by atoms with Crippen molar-refractivity contribution >= 4 is 17.3 Å². The van der Waals surface area contributed by atoms with Gasteiger partial charge in [0.05, 0.1) is 29.8 Å². The van der Waals surface area contributed by atoms with E-state index in [-0.39, 0.29) is 4.88 Å². The average Bonchev–Trinajstić information content (AvgIpc) is 2.91. The van der Waals surface area contributed by atoms with Gasteiger partial charge in [0.25, 0.3) is 0 Å². The molecule has 0 fully saturated rings. The van der Waals surface area contributed by atoms with Crippen LogP contribution in [-0.2, 0) is 0 Å². The summed E-state index contributed by atoms with van der Waals surface area (Å²) in [6.45, 7) is 6.84. The van der Waals surface area contributed by atoms with Crippen LogP contribution < -0.4 is 14.6 Å². The lowest BCUT2D eigenvalue weighted by Gasteiger charge is -2.12. The minimum absolute atomic E-state index is 0.154. The number of carbonyl (C=O) groups excluding carboxylic acids is 1. The highest BCUT2D eigenvalue weighted by Gasteiger charge is 2.13. The van der Waals surface area contributed by atoms with Gasteiger partial charge in [-0.2, -0.15) is 0 Å². The second-order valence-electron chi connectivity index (χ2n) is 5.02. The standard InChI is InChI=1S/C17H21NO4S/c1-4-6-9-22-13-8-7-12(10-14(13)21-5-2)16-18-11(3)15(23-16)17(19)20/h7-8,10H,4-6,9H2,1-3H3,(H,19,20)/p-1. The number of nitrogens with zero attached hydrogens (tertiary/aromatic N) is 1. The lowest BCUT2D eigenvalue weighted by atomic mass is 10.2. The smallest absolute Gasteiger partial charge is 0.161 e. The van der Waals surface area contributed by atoms with Gasteiger partial charge in [-0.15, -0.1) is 11.3 Å². The topological polar surface area (TPSA) is 71.5 Å². The number of aromatic nitrogens is 1. The third-order valence-corrected chi connectivity index (χ3v) is 4.41. The number of ether oxygens (including phenoxy) is 2. The quantitative estimate of drug-likeness (QED) is 0.694. The molecule has 1 aromatic carbocycles. The molecule has 0 bridgehead atoms. The van der Waals surface area contributed by atoms with E-state index in [0.29, 0.717) is 35.4 Å². The monoisotopic (exact) mass is 334 g/mol. The Labute approximate surface area is 139 Å². The van der Waals surface area contributed by atoms with Gasteiger partial charge in [0.2, 0.25) is 0 Å². The number of thiazole rings is 1. The van der Waals surface area contributed by atoms with Crippen LogP contribution in [0.4, 0.5) is 0 Å². The first-order valence-electron chi connectivity index (χ1n) is 7.65. The molecule has 0 aliphatic rings. The van der Waals surface area contributed by atoms with E-state index in [2.05, 4.69) is 11.9 Å². The van der Waals surface area contributed by atoms with Gasteiger partial charge in [-0.1, -0.05) is 13.3 Å². The normalized spacial score (nSPS) is 10.6. The maximum Gasteiger partial charge on any atom is 0.161 e. The van der Waals surface area contributed by atoms with Crippen molar-refractivity contribution in [2.75, 3.05) is 13.2 Å². The van der Waals surface area contributed by atoms with E-state index in [1.807, 2.05) is 25.1 Å². The van der Waals surface area contributed by atoms with Gasteiger partial charge in [0.15, 0.2) is 11.5 Å². The maximum atomic E-state index is 11.1. The summed E-state index contributed by atoms with van der Waals surface area (Å²) < 4.78 is 11.4. The number of aromatic carboxylic acids is 1. The lowest BCUT2D eigenvalue weighted by molar-refractivity contribution is -0.254. The first-order valence-corrected chi connectivity index (χ1v) is 8.47. The van der Waals surface area contributed by atoms with E-state index in [9.17, 15) is 9.90 Å². The number of aryl methyl sites for hydroxylation is 1. The molecule has 2 aromatic rings. The number of unbranched alkanes of at least 4 members (excludes halogenated alkanes) is 1. The number of hydrogen-bond donors (Lipinski definition) is 0. The fourth-order valence-corrected chi connectivity index (χ4v) is 2.96. The van der Waals surface area contributed by atoms with Crippen LogP contribution in [0.15, 0.2) is 18.2 Å². The molecule has 124 valence electrons. The Morgan fingerprint density at radius 1 is 1.26 bits per heavy atom. The molecular weight excluding hydrogens is 314 g/mol. The van der Waals surface area contributed by atoms with Gasteiger partial charge < -0.3 is 19.4 Å². The van der Waals surface area contributed by atoms with Crippen LogP contribution in [0.5, 0.6) is 11.5 Å². The summed E-state index contributed by atoms with van der Waals surface area (Å²) in [5.41, 5.74) is 1.27. The van der Waals surface area contributed by atoms with Crippen LogP contribution in [-0.4, -0.2) is 24.2 Å². The Morgan fingerprint density at radius 2 is 2.04 bits per heavy atom. The minimum atomic E-state index is -1.20. The molecule has 1 aromatic heterocycles. The molecule has 1 heterocycles. The van der Waals surface area contributed by atoms with Gasteiger partial charge in [-0.25, -0.2) is 4.98 Å². The van der Waals surface area contributed by atoms with E-state index in [1.165, 1.54) is 0 Å². The van der Waals surface area contributed by atoms with E-state index >= 15 is 0 Å². The van der Waals surface area contributed by atoms with Crippen molar-refractivity contribution in [1.29, 1.82) is 0 Å². The van der Waals surface area contributed by atoms with Crippen LogP contribution in [0.2, 0.25) is 0 Å². The molecule has 0 spiro atoms. The van der Waals surface area contributed by atoms with E-state index in [1.54, 1.807) is 6.92 Å². The van der Waals surface area contributed by atoms with Crippen molar-refractivity contribution in [2.45, 2.75) is 33.6 Å². The third-order valence-electron chi connectivity index (χ3n) is 3.23. The van der Waals surface area contributed by atoms with Crippen LogP contribution in [0.25, 0.3) is 10.6 Å². The maximum absolute atomic E-state index is 11.1. The highest BCUT2D eigenvalue weighted by molar-refractivity contribution is 7.17. The summed E-state index contributed by atoms with van der Waals surface area (Å²) in [4.78, 5) is 15.5. The zero-order valence-corrected chi connectivity index (χ0v) is 14.4. The number of carboxylic acids is 1. The molecule has 0 radical (unpaired) electrons. The summed E-state index contributed by atoms with van der Waals surface area (Å²) in [6, 6.07) is 5.54. The first-order chi connectivity index (χ1) is 11.1. The molecule has 0 saturated carbocycles. The molecule has 6 heteroatoms. The Kier molecular flexibility index (Phi) is 5.98. The predicted octanol–water partition coefficient (Wildman–Crippen LogP) is 3.06. The fraction of sp³-hybridized carbons (Fsp3) is 0.412. The van der Waals surface area contributed by atoms with E-state index in [0.717, 1.165) is 29.7 Å². The molecule has 5 nitrogen and oxygen atoms in total. The number of hydrogen-bond acceptors (Lipinski definition) is 6. The highest BCUT2D eigenvalue weighted by atomic mass is 32.1. The summed E-state index contributed by atoms with van der Waals surface area (Å²) in [5.74, 6) is 0.136. The second kappa shape index (κ2) is 7.97. The number of benzene rings is 1.